The van der Waals surface area contributed by atoms with Gasteiger partial charge in [0.05, 0.1) is 28.3 Å². The number of sulfonamides is 1. The van der Waals surface area contributed by atoms with Crippen molar-refractivity contribution in [2.75, 3.05) is 13.7 Å². The maximum Gasteiger partial charge on any atom is 0.263 e. The number of rotatable bonds is 11. The molecule has 9 nitrogen and oxygen atoms in total. The lowest BCUT2D eigenvalue weighted by atomic mass is 10.1. The number of thiazole rings is 1. The predicted molar refractivity (Wildman–Crippen MR) is 150 cm³/mol. The summed E-state index contributed by atoms with van der Waals surface area (Å²) in [4.78, 5) is 17.1. The van der Waals surface area contributed by atoms with Crippen molar-refractivity contribution < 1.29 is 17.9 Å². The molecule has 198 valence electrons. The molecule has 1 unspecified atom stereocenters. The molecule has 0 radical (unpaired) electrons. The Kier molecular flexibility index (Phi) is 12.1. The van der Waals surface area contributed by atoms with Crippen LogP contribution in [0.1, 0.15) is 39.3 Å². The van der Waals surface area contributed by atoms with Crippen LogP contribution in [0, 0.1) is 20.8 Å². The van der Waals surface area contributed by atoms with E-state index >= 15 is 0 Å². The smallest absolute Gasteiger partial charge is 0.263 e. The Morgan fingerprint density at radius 3 is 2.58 bits per heavy atom. The van der Waals surface area contributed by atoms with Crippen LogP contribution >= 0.6 is 36.2 Å². The average molecular weight is 577 g/mol. The molecular weight excluding hydrogens is 545 g/mol. The molecular formula is C23H31Cl2N5O4S2. The fraction of sp³-hybridized carbons (Fsp3) is 0.348. The highest BCUT2D eigenvalue weighted by Gasteiger charge is 2.22. The molecule has 13 heteroatoms. The summed E-state index contributed by atoms with van der Waals surface area (Å²) in [6.45, 7) is 5.71. The van der Waals surface area contributed by atoms with E-state index in [9.17, 15) is 13.2 Å². The summed E-state index contributed by atoms with van der Waals surface area (Å²) in [6.07, 6.45) is 2.13. The van der Waals surface area contributed by atoms with Gasteiger partial charge in [0.15, 0.2) is 5.01 Å². The number of nitrogens with one attached hydrogen (secondary N) is 2. The molecule has 36 heavy (non-hydrogen) atoms. The molecule has 1 atom stereocenters. The number of benzene rings is 2. The van der Waals surface area contributed by atoms with Gasteiger partial charge in [0.1, 0.15) is 12.1 Å². The molecule has 4 N–H and O–H groups in total. The molecule has 0 fully saturated rings. The highest BCUT2D eigenvalue weighted by molar-refractivity contribution is 7.90. The second kappa shape index (κ2) is 13.8. The maximum absolute atomic E-state index is 12.7. The van der Waals surface area contributed by atoms with Crippen LogP contribution in [0.5, 0.6) is 5.75 Å². The van der Waals surface area contributed by atoms with Crippen LogP contribution < -0.4 is 20.6 Å². The van der Waals surface area contributed by atoms with Crippen molar-refractivity contribution in [1.82, 2.24) is 15.1 Å². The van der Waals surface area contributed by atoms with E-state index in [1.54, 1.807) is 27.0 Å². The molecule has 0 saturated heterocycles. The van der Waals surface area contributed by atoms with Crippen LogP contribution in [0.4, 0.5) is 0 Å². The van der Waals surface area contributed by atoms with Gasteiger partial charge in [0.2, 0.25) is 5.78 Å². The van der Waals surface area contributed by atoms with Crippen molar-refractivity contribution in [3.63, 3.8) is 0 Å². The Morgan fingerprint density at radius 2 is 1.92 bits per heavy atom. The van der Waals surface area contributed by atoms with E-state index in [0.29, 0.717) is 41.3 Å². The summed E-state index contributed by atoms with van der Waals surface area (Å²) in [6, 6.07) is 8.61. The normalized spacial score (nSPS) is 12.0. The fourth-order valence-corrected chi connectivity index (χ4v) is 5.90. The van der Waals surface area contributed by atoms with Gasteiger partial charge in [0.25, 0.3) is 10.0 Å². The third-order valence-electron chi connectivity index (χ3n) is 5.48. The number of ketones is 1. The van der Waals surface area contributed by atoms with Gasteiger partial charge >= 0.3 is 0 Å². The quantitative estimate of drug-likeness (QED) is 0.104. The van der Waals surface area contributed by atoms with E-state index in [0.717, 1.165) is 22.1 Å². The summed E-state index contributed by atoms with van der Waals surface area (Å²) in [5.74, 6) is 0.460. The molecule has 0 bridgehead atoms. The number of hydrogen-bond acceptors (Lipinski definition) is 9. The minimum absolute atomic E-state index is 0. The second-order valence-electron chi connectivity index (χ2n) is 7.86. The first-order valence-corrected chi connectivity index (χ1v) is 13.0. The number of aryl methyl sites for hydroxylation is 1. The van der Waals surface area contributed by atoms with Gasteiger partial charge in [-0.2, -0.15) is 5.10 Å². The van der Waals surface area contributed by atoms with Crippen LogP contribution in [0.3, 0.4) is 0 Å². The first kappa shape index (κ1) is 31.6. The van der Waals surface area contributed by atoms with Crippen LogP contribution in [-0.2, 0) is 10.0 Å². The van der Waals surface area contributed by atoms with Gasteiger partial charge in [-0.15, -0.1) is 36.2 Å². The lowest BCUT2D eigenvalue weighted by molar-refractivity contribution is 0.0956. The largest absolute Gasteiger partial charge is 0.496 e. The topological polar surface area (TPSA) is 136 Å². The van der Waals surface area contributed by atoms with Crippen molar-refractivity contribution in [2.45, 2.75) is 44.6 Å². The van der Waals surface area contributed by atoms with E-state index in [1.807, 2.05) is 31.2 Å². The number of hydrazone groups is 1. The molecule has 0 saturated carbocycles. The Bertz CT molecular complexity index is 1300. The lowest BCUT2D eigenvalue weighted by Gasteiger charge is -2.15. The van der Waals surface area contributed by atoms with Crippen LogP contribution in [0.2, 0.25) is 0 Å². The fourth-order valence-electron chi connectivity index (χ4n) is 3.58. The summed E-state index contributed by atoms with van der Waals surface area (Å²) >= 11 is 1.34. The van der Waals surface area contributed by atoms with Crippen LogP contribution in [-0.4, -0.2) is 45.2 Å². The summed E-state index contributed by atoms with van der Waals surface area (Å²) < 4.78 is 34.1. The molecule has 0 aliphatic rings. The first-order chi connectivity index (χ1) is 16.2. The van der Waals surface area contributed by atoms with E-state index in [-0.39, 0.29) is 35.5 Å². The van der Waals surface area contributed by atoms with E-state index in [1.165, 1.54) is 11.3 Å². The van der Waals surface area contributed by atoms with Crippen LogP contribution in [0.15, 0.2) is 40.3 Å². The number of para-hydroxylation sites is 1. The number of carbonyl (C=O) groups is 1. The molecule has 3 aromatic rings. The number of carbonyl (C=O) groups excluding carboxylic acids is 1. The minimum atomic E-state index is -3.79. The predicted octanol–water partition coefficient (Wildman–Crippen LogP) is 3.88. The number of aromatic nitrogens is 1. The van der Waals surface area contributed by atoms with Crippen molar-refractivity contribution in [1.29, 1.82) is 0 Å². The number of fused-ring (bicyclic) bond motifs is 1. The van der Waals surface area contributed by atoms with Crippen molar-refractivity contribution in [2.24, 2.45) is 10.8 Å². The van der Waals surface area contributed by atoms with Gasteiger partial charge < -0.3 is 15.9 Å². The highest BCUT2D eigenvalue weighted by Crippen LogP contribution is 2.30. The molecule has 1 aromatic heterocycles. The zero-order chi connectivity index (χ0) is 24.9. The molecule has 2 aromatic carbocycles. The van der Waals surface area contributed by atoms with Gasteiger partial charge in [-0.05, 0) is 68.5 Å². The molecule has 0 aliphatic heterocycles. The Balaban J connectivity index is 0.00000324. The second-order valence-corrected chi connectivity index (χ2v) is 10.5. The zero-order valence-corrected chi connectivity index (χ0v) is 23.7. The number of Topliss-reactive ketones (excluding diaryl/α,β-unsaturated/α-hetero) is 1. The van der Waals surface area contributed by atoms with Crippen molar-refractivity contribution in [3.05, 3.63) is 52.0 Å². The van der Waals surface area contributed by atoms with Crippen molar-refractivity contribution in [3.8, 4) is 5.75 Å². The Morgan fingerprint density at radius 1 is 1.22 bits per heavy atom. The highest BCUT2D eigenvalue weighted by atomic mass is 35.5. The Hall–Kier alpha value is -2.44. The molecule has 0 amide bonds. The average Bonchev–Trinajstić information content (AvgIpc) is 3.24. The van der Waals surface area contributed by atoms with Crippen molar-refractivity contribution >= 4 is 68.5 Å². The third kappa shape index (κ3) is 7.30. The molecule has 3 rings (SSSR count). The number of ether oxygens (including phenoxy) is 1. The van der Waals surface area contributed by atoms with E-state index in [4.69, 9.17) is 10.5 Å². The van der Waals surface area contributed by atoms with Gasteiger partial charge in [-0.1, -0.05) is 12.1 Å². The standard InChI is InChI=1S/C23H29N5O4S2.2ClH/c1-14-12-19(32-4)15(2)16(3)22(14)34(30,31)27-13-26-25-11-7-8-17(24)21(29)23-28-18-9-5-6-10-20(18)33-23;;/h5-6,9-10,12-13,17,25H,7-8,11,24H2,1-4H3,(H,26,27);2*1H. The Labute approximate surface area is 227 Å². The number of halogens is 2. The van der Waals surface area contributed by atoms with Gasteiger partial charge in [-0.25, -0.2) is 13.4 Å². The molecule has 0 spiro atoms. The lowest BCUT2D eigenvalue weighted by Crippen LogP contribution is -2.31. The summed E-state index contributed by atoms with van der Waals surface area (Å²) in [5.41, 5.74) is 11.6. The van der Waals surface area contributed by atoms with E-state index < -0.39 is 16.1 Å². The van der Waals surface area contributed by atoms with E-state index in [2.05, 4.69) is 20.2 Å². The third-order valence-corrected chi connectivity index (χ3v) is 8.11. The number of hydrogen-bond donors (Lipinski definition) is 3. The SMILES string of the molecule is COc1cc(C)c(S(=O)(=O)NC=NNCCCC(N)C(=O)c2nc3ccccc3s2)c(C)c1C.Cl.Cl. The monoisotopic (exact) mass is 575 g/mol. The number of nitrogens with two attached hydrogens (primary N) is 1. The summed E-state index contributed by atoms with van der Waals surface area (Å²) in [7, 11) is -2.24. The number of nitrogens with zero attached hydrogens (tertiary/aromatic N) is 2. The number of methoxy groups -OCH3 is 1. The molecule has 1 heterocycles. The maximum atomic E-state index is 12.7. The first-order valence-electron chi connectivity index (χ1n) is 10.7. The van der Waals surface area contributed by atoms with Crippen LogP contribution in [0.25, 0.3) is 10.2 Å². The minimum Gasteiger partial charge on any atom is -0.496 e. The summed E-state index contributed by atoms with van der Waals surface area (Å²) in [5, 5.41) is 4.31. The van der Waals surface area contributed by atoms with Gasteiger partial charge in [0, 0.05) is 6.54 Å². The molecule has 0 aliphatic carbocycles. The van der Waals surface area contributed by atoms with Gasteiger partial charge in [-0.3, -0.25) is 9.52 Å². The zero-order valence-electron chi connectivity index (χ0n) is 20.4.